The summed E-state index contributed by atoms with van der Waals surface area (Å²) in [7, 11) is 1.64. The normalized spacial score (nSPS) is 10.8. The van der Waals surface area contributed by atoms with Crippen LogP contribution >= 0.6 is 0 Å². The zero-order chi connectivity index (χ0) is 12.5. The summed E-state index contributed by atoms with van der Waals surface area (Å²) in [5.74, 6) is 1.38. The van der Waals surface area contributed by atoms with E-state index in [0.29, 0.717) is 11.6 Å². The van der Waals surface area contributed by atoms with Crippen LogP contribution in [0.1, 0.15) is 5.69 Å². The minimum Gasteiger partial charge on any atom is -0.497 e. The fourth-order valence-electron chi connectivity index (χ4n) is 1.77. The van der Waals surface area contributed by atoms with Crippen molar-refractivity contribution in [1.29, 1.82) is 0 Å². The van der Waals surface area contributed by atoms with E-state index in [1.54, 1.807) is 7.11 Å². The number of rotatable bonds is 2. The average molecular weight is 240 g/mol. The van der Waals surface area contributed by atoms with Gasteiger partial charge in [0.25, 0.3) is 0 Å². The highest BCUT2D eigenvalue weighted by atomic mass is 16.5. The molecule has 0 amide bonds. The van der Waals surface area contributed by atoms with E-state index in [-0.39, 0.29) is 0 Å². The number of ether oxygens (including phenoxy) is 1. The van der Waals surface area contributed by atoms with Crippen LogP contribution in [0.15, 0.2) is 40.8 Å². The van der Waals surface area contributed by atoms with Gasteiger partial charge in [-0.05, 0) is 43.3 Å². The fourth-order valence-corrected chi connectivity index (χ4v) is 1.77. The second kappa shape index (κ2) is 4.14. The van der Waals surface area contributed by atoms with Gasteiger partial charge in [-0.15, -0.1) is 0 Å². The molecule has 3 aromatic rings. The molecule has 0 aliphatic carbocycles. The van der Waals surface area contributed by atoms with E-state index in [1.807, 2.05) is 43.3 Å². The number of hydrogen-bond donors (Lipinski definition) is 0. The zero-order valence-corrected chi connectivity index (χ0v) is 10.2. The number of oxazole rings is 1. The van der Waals surface area contributed by atoms with Crippen LogP contribution in [0.3, 0.4) is 0 Å². The van der Waals surface area contributed by atoms with Crippen LogP contribution in [0.4, 0.5) is 0 Å². The summed E-state index contributed by atoms with van der Waals surface area (Å²) in [5.41, 5.74) is 3.17. The molecule has 0 fully saturated rings. The molecule has 2 heterocycles. The summed E-state index contributed by atoms with van der Waals surface area (Å²) in [4.78, 5) is 8.71. The predicted molar refractivity (Wildman–Crippen MR) is 68.5 cm³/mol. The van der Waals surface area contributed by atoms with Crippen molar-refractivity contribution >= 4 is 11.2 Å². The van der Waals surface area contributed by atoms with Crippen LogP contribution < -0.4 is 4.74 Å². The number of methoxy groups -OCH3 is 1. The number of benzene rings is 1. The van der Waals surface area contributed by atoms with E-state index in [4.69, 9.17) is 9.15 Å². The molecule has 1 aromatic carbocycles. The lowest BCUT2D eigenvalue weighted by Crippen LogP contribution is -1.82. The van der Waals surface area contributed by atoms with Crippen molar-refractivity contribution in [2.75, 3.05) is 7.11 Å². The molecule has 90 valence electrons. The Labute approximate surface area is 104 Å². The molecule has 0 unspecified atom stereocenters. The van der Waals surface area contributed by atoms with E-state index in [9.17, 15) is 0 Å². The number of aromatic nitrogens is 2. The SMILES string of the molecule is COc1ccc(-c2nc3ccc(C)nc3o2)cc1. The first-order valence-corrected chi connectivity index (χ1v) is 5.65. The lowest BCUT2D eigenvalue weighted by atomic mass is 10.2. The Morgan fingerprint density at radius 3 is 2.50 bits per heavy atom. The maximum atomic E-state index is 5.65. The largest absolute Gasteiger partial charge is 0.497 e. The predicted octanol–water partition coefficient (Wildman–Crippen LogP) is 3.21. The van der Waals surface area contributed by atoms with Gasteiger partial charge < -0.3 is 9.15 Å². The van der Waals surface area contributed by atoms with Crippen molar-refractivity contribution in [2.45, 2.75) is 6.92 Å². The molecule has 2 aromatic heterocycles. The number of hydrogen-bond acceptors (Lipinski definition) is 4. The molecule has 0 atom stereocenters. The monoisotopic (exact) mass is 240 g/mol. The highest BCUT2D eigenvalue weighted by Crippen LogP contribution is 2.24. The number of nitrogens with zero attached hydrogens (tertiary/aromatic N) is 2. The molecule has 0 aliphatic heterocycles. The minimum absolute atomic E-state index is 0.570. The minimum atomic E-state index is 0.570. The van der Waals surface area contributed by atoms with E-state index in [2.05, 4.69) is 9.97 Å². The molecule has 18 heavy (non-hydrogen) atoms. The van der Waals surface area contributed by atoms with Crippen molar-refractivity contribution in [2.24, 2.45) is 0 Å². The van der Waals surface area contributed by atoms with Crippen molar-refractivity contribution in [1.82, 2.24) is 9.97 Å². The number of fused-ring (bicyclic) bond motifs is 1. The quantitative estimate of drug-likeness (QED) is 0.690. The van der Waals surface area contributed by atoms with Gasteiger partial charge in [-0.3, -0.25) is 0 Å². The van der Waals surface area contributed by atoms with Crippen LogP contribution in [0.25, 0.3) is 22.7 Å². The van der Waals surface area contributed by atoms with E-state index in [0.717, 1.165) is 22.5 Å². The Bertz CT molecular complexity index is 687. The average Bonchev–Trinajstić information content (AvgIpc) is 2.81. The maximum Gasteiger partial charge on any atom is 0.247 e. The Hall–Kier alpha value is -2.36. The molecule has 0 saturated carbocycles. The molecule has 3 rings (SSSR count). The Kier molecular flexibility index (Phi) is 2.48. The van der Waals surface area contributed by atoms with E-state index < -0.39 is 0 Å². The van der Waals surface area contributed by atoms with Crippen molar-refractivity contribution in [3.05, 3.63) is 42.1 Å². The summed E-state index contributed by atoms with van der Waals surface area (Å²) in [6.45, 7) is 1.93. The molecular formula is C14H12N2O2. The number of aryl methyl sites for hydroxylation is 1. The van der Waals surface area contributed by atoms with Gasteiger partial charge in [-0.2, -0.15) is 0 Å². The molecule has 0 spiro atoms. The van der Waals surface area contributed by atoms with Gasteiger partial charge in [0.1, 0.15) is 11.3 Å². The van der Waals surface area contributed by atoms with E-state index in [1.165, 1.54) is 0 Å². The Morgan fingerprint density at radius 2 is 1.78 bits per heavy atom. The van der Waals surface area contributed by atoms with Gasteiger partial charge in [0.2, 0.25) is 11.6 Å². The van der Waals surface area contributed by atoms with Crippen LogP contribution in [0, 0.1) is 6.92 Å². The smallest absolute Gasteiger partial charge is 0.247 e. The van der Waals surface area contributed by atoms with Gasteiger partial charge in [0.15, 0.2) is 0 Å². The molecular weight excluding hydrogens is 228 g/mol. The molecule has 0 radical (unpaired) electrons. The third-order valence-electron chi connectivity index (χ3n) is 2.73. The highest BCUT2D eigenvalue weighted by molar-refractivity contribution is 5.72. The zero-order valence-electron chi connectivity index (χ0n) is 10.2. The van der Waals surface area contributed by atoms with Gasteiger partial charge in [-0.1, -0.05) is 0 Å². The van der Waals surface area contributed by atoms with Crippen LogP contribution in [-0.4, -0.2) is 17.1 Å². The Balaban J connectivity index is 2.07. The molecule has 0 saturated heterocycles. The van der Waals surface area contributed by atoms with Crippen molar-refractivity contribution in [3.8, 4) is 17.2 Å². The number of pyridine rings is 1. The molecule has 0 aliphatic rings. The summed E-state index contributed by atoms with van der Waals surface area (Å²) in [6.07, 6.45) is 0. The van der Waals surface area contributed by atoms with Gasteiger partial charge in [0.05, 0.1) is 7.11 Å². The summed E-state index contributed by atoms with van der Waals surface area (Å²) < 4.78 is 10.8. The van der Waals surface area contributed by atoms with Crippen LogP contribution in [0.2, 0.25) is 0 Å². The van der Waals surface area contributed by atoms with Crippen LogP contribution in [-0.2, 0) is 0 Å². The maximum absolute atomic E-state index is 5.65. The topological polar surface area (TPSA) is 48.2 Å². The second-order valence-electron chi connectivity index (χ2n) is 4.02. The molecule has 0 bridgehead atoms. The third kappa shape index (κ3) is 1.82. The first-order chi connectivity index (χ1) is 8.76. The standard InChI is InChI=1S/C14H12N2O2/c1-9-3-8-12-14(15-9)18-13(16-12)10-4-6-11(17-2)7-5-10/h3-8H,1-2H3. The highest BCUT2D eigenvalue weighted by Gasteiger charge is 2.09. The first-order valence-electron chi connectivity index (χ1n) is 5.65. The van der Waals surface area contributed by atoms with E-state index >= 15 is 0 Å². The fraction of sp³-hybridized carbons (Fsp3) is 0.143. The summed E-state index contributed by atoms with van der Waals surface area (Å²) in [5, 5.41) is 0. The lowest BCUT2D eigenvalue weighted by molar-refractivity contribution is 0.415. The third-order valence-corrected chi connectivity index (χ3v) is 2.73. The van der Waals surface area contributed by atoms with Crippen molar-refractivity contribution in [3.63, 3.8) is 0 Å². The van der Waals surface area contributed by atoms with Gasteiger partial charge in [0, 0.05) is 11.3 Å². The summed E-state index contributed by atoms with van der Waals surface area (Å²) in [6, 6.07) is 11.4. The second-order valence-corrected chi connectivity index (χ2v) is 4.02. The molecule has 4 heteroatoms. The molecule has 4 nitrogen and oxygen atoms in total. The van der Waals surface area contributed by atoms with Crippen molar-refractivity contribution < 1.29 is 9.15 Å². The molecule has 0 N–H and O–H groups in total. The lowest BCUT2D eigenvalue weighted by Gasteiger charge is -1.99. The van der Waals surface area contributed by atoms with Gasteiger partial charge in [-0.25, -0.2) is 9.97 Å². The van der Waals surface area contributed by atoms with Gasteiger partial charge >= 0.3 is 0 Å². The van der Waals surface area contributed by atoms with Crippen LogP contribution in [0.5, 0.6) is 5.75 Å². The first kappa shape index (κ1) is 10.8. The Morgan fingerprint density at radius 1 is 1.00 bits per heavy atom. The summed E-state index contributed by atoms with van der Waals surface area (Å²) >= 11 is 0.